The second kappa shape index (κ2) is 11.7. The number of aromatic nitrogens is 1. The summed E-state index contributed by atoms with van der Waals surface area (Å²) in [6.07, 6.45) is 6.08. The van der Waals surface area contributed by atoms with E-state index in [-0.39, 0.29) is 24.0 Å². The first-order chi connectivity index (χ1) is 14.9. The van der Waals surface area contributed by atoms with Crippen LogP contribution in [-0.2, 0) is 11.3 Å². The fourth-order valence-electron chi connectivity index (χ4n) is 3.78. The van der Waals surface area contributed by atoms with E-state index in [1.54, 1.807) is 6.08 Å². The molecule has 168 valence electrons. The minimum atomic E-state index is -0.888. The molecular weight excluding hydrogens is 460 g/mol. The highest BCUT2D eigenvalue weighted by Crippen LogP contribution is 2.48. The van der Waals surface area contributed by atoms with E-state index in [0.717, 1.165) is 15.5 Å². The van der Waals surface area contributed by atoms with E-state index in [4.69, 9.17) is 23.2 Å². The summed E-state index contributed by atoms with van der Waals surface area (Å²) in [5.74, 6) is -1.20. The Morgan fingerprint density at radius 3 is 2.58 bits per heavy atom. The molecule has 1 aromatic heterocycles. The molecule has 1 atom stereocenters. The average Bonchev–Trinajstić information content (AvgIpc) is 3.26. The summed E-state index contributed by atoms with van der Waals surface area (Å²) in [5.41, 5.74) is 1.75. The normalized spacial score (nSPS) is 15.8. The maximum Gasteiger partial charge on any atom is 0.304 e. The molecule has 2 aromatic rings. The lowest BCUT2D eigenvalue weighted by Crippen LogP contribution is -2.04. The number of fused-ring (bicyclic) bond motifs is 3. The zero-order valence-electron chi connectivity index (χ0n) is 17.8. The molecule has 31 heavy (non-hydrogen) atoms. The first kappa shape index (κ1) is 25.5. The number of nitrogens with zero attached hydrogens (tertiary/aromatic N) is 1. The Morgan fingerprint density at radius 1 is 1.29 bits per heavy atom. The highest BCUT2D eigenvalue weighted by Gasteiger charge is 2.33. The van der Waals surface area contributed by atoms with Crippen molar-refractivity contribution >= 4 is 57.6 Å². The van der Waals surface area contributed by atoms with Crippen LogP contribution in [0.2, 0.25) is 0 Å². The van der Waals surface area contributed by atoms with Crippen LogP contribution >= 0.6 is 35.0 Å². The molecule has 0 spiro atoms. The van der Waals surface area contributed by atoms with E-state index in [0.29, 0.717) is 35.3 Å². The Bertz CT molecular complexity index is 1030. The van der Waals surface area contributed by atoms with E-state index < -0.39 is 11.8 Å². The number of rotatable bonds is 8. The second-order valence-corrected chi connectivity index (χ2v) is 8.47. The van der Waals surface area contributed by atoms with Gasteiger partial charge in [-0.2, -0.15) is 0 Å². The number of carboxylic acids is 1. The van der Waals surface area contributed by atoms with Gasteiger partial charge in [-0.15, -0.1) is 23.2 Å². The number of aryl methyl sites for hydroxylation is 1. The number of allylic oxidation sites excluding steroid dienone is 3. The van der Waals surface area contributed by atoms with Crippen molar-refractivity contribution in [2.24, 2.45) is 0 Å². The van der Waals surface area contributed by atoms with Crippen molar-refractivity contribution in [2.45, 2.75) is 51.0 Å². The van der Waals surface area contributed by atoms with Gasteiger partial charge in [-0.3, -0.25) is 9.59 Å². The minimum Gasteiger partial charge on any atom is -0.481 e. The molecule has 0 radical (unpaired) electrons. The van der Waals surface area contributed by atoms with Gasteiger partial charge in [0.15, 0.2) is 5.78 Å². The van der Waals surface area contributed by atoms with Crippen molar-refractivity contribution in [1.29, 1.82) is 0 Å². The van der Waals surface area contributed by atoms with Gasteiger partial charge in [0.25, 0.3) is 0 Å². The van der Waals surface area contributed by atoms with Gasteiger partial charge in [0, 0.05) is 50.7 Å². The molecule has 0 saturated heterocycles. The van der Waals surface area contributed by atoms with Crippen LogP contribution in [0, 0.1) is 5.82 Å². The van der Waals surface area contributed by atoms with Gasteiger partial charge in [-0.25, -0.2) is 4.39 Å². The zero-order chi connectivity index (χ0) is 23.1. The molecule has 1 aliphatic rings. The molecule has 2 heterocycles. The van der Waals surface area contributed by atoms with E-state index in [9.17, 15) is 19.1 Å². The summed E-state index contributed by atoms with van der Waals surface area (Å²) >= 11 is 13.1. The lowest BCUT2D eigenvalue weighted by atomic mass is 9.99. The first-order valence-corrected chi connectivity index (χ1v) is 12.0. The predicted molar refractivity (Wildman–Crippen MR) is 127 cm³/mol. The molecule has 0 aliphatic carbocycles. The standard InChI is InChI=1S/C21H20Cl2FNO3S.C2H6/c1-12(26)16-10-14(24)11-17-19(16)21(29-15(4-7-23)3-2-6-22)20-13(9-18(27)28)5-8-25(17)20;1-2/h2-4,10-11,13H,5-9H2,1H3,(H,27,28);1-2H3/b3-2-,15-4+;. The van der Waals surface area contributed by atoms with Gasteiger partial charge in [0.2, 0.25) is 0 Å². The number of hydrogen-bond acceptors (Lipinski definition) is 3. The van der Waals surface area contributed by atoms with Gasteiger partial charge in [0.1, 0.15) is 5.82 Å². The lowest BCUT2D eigenvalue weighted by Gasteiger charge is -2.11. The minimum absolute atomic E-state index is 0.0200. The number of aliphatic carboxylic acids is 1. The van der Waals surface area contributed by atoms with Crippen LogP contribution in [0.1, 0.15) is 55.6 Å². The maximum atomic E-state index is 14.3. The third kappa shape index (κ3) is 5.73. The molecule has 8 heteroatoms. The van der Waals surface area contributed by atoms with Crippen molar-refractivity contribution in [3.8, 4) is 0 Å². The summed E-state index contributed by atoms with van der Waals surface area (Å²) < 4.78 is 16.2. The second-order valence-electron chi connectivity index (χ2n) is 6.77. The Kier molecular flexibility index (Phi) is 9.66. The topological polar surface area (TPSA) is 59.3 Å². The van der Waals surface area contributed by atoms with Gasteiger partial charge >= 0.3 is 5.97 Å². The summed E-state index contributed by atoms with van der Waals surface area (Å²) in [6, 6.07) is 2.66. The maximum absolute atomic E-state index is 14.3. The largest absolute Gasteiger partial charge is 0.481 e. The first-order valence-electron chi connectivity index (χ1n) is 10.1. The van der Waals surface area contributed by atoms with Crippen molar-refractivity contribution in [3.05, 3.63) is 52.3 Å². The van der Waals surface area contributed by atoms with Crippen molar-refractivity contribution in [1.82, 2.24) is 4.57 Å². The van der Waals surface area contributed by atoms with Crippen LogP contribution in [0.4, 0.5) is 4.39 Å². The number of carbonyl (C=O) groups is 2. The zero-order valence-corrected chi connectivity index (χ0v) is 20.1. The molecule has 1 unspecified atom stereocenters. The molecule has 3 rings (SSSR count). The average molecular weight is 486 g/mol. The summed E-state index contributed by atoms with van der Waals surface area (Å²) in [6.45, 7) is 5.99. The van der Waals surface area contributed by atoms with Crippen LogP contribution in [0.25, 0.3) is 10.9 Å². The third-order valence-corrected chi connectivity index (χ3v) is 6.37. The predicted octanol–water partition coefficient (Wildman–Crippen LogP) is 6.98. The molecule has 0 saturated carbocycles. The Balaban J connectivity index is 0.00000166. The molecule has 1 aliphatic heterocycles. The number of thioether (sulfide) groups is 1. The number of alkyl halides is 2. The van der Waals surface area contributed by atoms with Crippen LogP contribution in [0.3, 0.4) is 0 Å². The molecule has 0 fully saturated rings. The molecule has 4 nitrogen and oxygen atoms in total. The van der Waals surface area contributed by atoms with Gasteiger partial charge in [-0.05, 0) is 25.5 Å². The molecule has 1 N–H and O–H groups in total. The van der Waals surface area contributed by atoms with Gasteiger partial charge in [0.05, 0.1) is 11.9 Å². The highest BCUT2D eigenvalue weighted by atomic mass is 35.5. The summed E-state index contributed by atoms with van der Waals surface area (Å²) in [7, 11) is 0. The third-order valence-electron chi connectivity index (χ3n) is 4.88. The number of Topliss-reactive ketones (excluding diaryl/α,β-unsaturated/α-hetero) is 1. The molecular formula is C23H26Cl2FNO3S. The fraction of sp³-hybridized carbons (Fsp3) is 0.391. The van der Waals surface area contributed by atoms with Crippen LogP contribution < -0.4 is 0 Å². The Hall–Kier alpha value is -1.76. The Labute approximate surface area is 196 Å². The number of benzene rings is 1. The number of halogens is 3. The highest BCUT2D eigenvalue weighted by molar-refractivity contribution is 8.03. The van der Waals surface area contributed by atoms with Crippen LogP contribution in [0.5, 0.6) is 0 Å². The van der Waals surface area contributed by atoms with E-state index >= 15 is 0 Å². The summed E-state index contributed by atoms with van der Waals surface area (Å²) in [4.78, 5) is 25.3. The number of carbonyl (C=O) groups excluding carboxylic acids is 1. The SMILES string of the molecule is CC.CC(=O)c1cc(F)cc2c1c(SC(/C=C\CCl)=C/CCl)c1n2CCC1CC(=O)O. The molecule has 1 aromatic carbocycles. The Morgan fingerprint density at radius 2 is 2.00 bits per heavy atom. The number of ketones is 1. The van der Waals surface area contributed by atoms with E-state index in [1.165, 1.54) is 30.8 Å². The van der Waals surface area contributed by atoms with Crippen molar-refractivity contribution in [2.75, 3.05) is 11.8 Å². The number of carboxylic acid groups (broad SMARTS) is 1. The monoisotopic (exact) mass is 485 g/mol. The van der Waals surface area contributed by atoms with Crippen LogP contribution in [-0.4, -0.2) is 33.2 Å². The van der Waals surface area contributed by atoms with E-state index in [1.807, 2.05) is 30.6 Å². The summed E-state index contributed by atoms with van der Waals surface area (Å²) in [5, 5.41) is 10.0. The quantitative estimate of drug-likeness (QED) is 0.189. The molecule has 0 bridgehead atoms. The lowest BCUT2D eigenvalue weighted by molar-refractivity contribution is -0.137. The van der Waals surface area contributed by atoms with E-state index in [2.05, 4.69) is 0 Å². The fourth-order valence-corrected chi connectivity index (χ4v) is 5.39. The van der Waals surface area contributed by atoms with Crippen molar-refractivity contribution in [3.63, 3.8) is 0 Å². The molecule has 0 amide bonds. The van der Waals surface area contributed by atoms with Crippen molar-refractivity contribution < 1.29 is 19.1 Å². The van der Waals surface area contributed by atoms with Crippen LogP contribution in [0.15, 0.2) is 40.2 Å². The number of hydrogen-bond donors (Lipinski definition) is 1. The van der Waals surface area contributed by atoms with Gasteiger partial charge < -0.3 is 9.67 Å². The smallest absolute Gasteiger partial charge is 0.304 e. The van der Waals surface area contributed by atoms with Gasteiger partial charge in [-0.1, -0.05) is 43.8 Å².